The summed E-state index contributed by atoms with van der Waals surface area (Å²) in [5, 5.41) is 0. The molecule has 0 rings (SSSR count). The van der Waals surface area contributed by atoms with Gasteiger partial charge in [-0.25, -0.2) is 0 Å². The molecule has 2 heteroatoms. The van der Waals surface area contributed by atoms with Gasteiger partial charge in [0.1, 0.15) is 0 Å². The lowest BCUT2D eigenvalue weighted by Gasteiger charge is -2.19. The van der Waals surface area contributed by atoms with E-state index in [-0.39, 0.29) is 12.4 Å². The molecule has 0 aliphatic carbocycles. The van der Waals surface area contributed by atoms with E-state index in [0.29, 0.717) is 11.5 Å². The van der Waals surface area contributed by atoms with E-state index in [9.17, 15) is 0 Å². The summed E-state index contributed by atoms with van der Waals surface area (Å²) in [7, 11) is 0. The van der Waals surface area contributed by atoms with Gasteiger partial charge in [-0.3, -0.25) is 0 Å². The Morgan fingerprint density at radius 1 is 1.33 bits per heavy atom. The van der Waals surface area contributed by atoms with Crippen molar-refractivity contribution in [3.05, 3.63) is 0 Å². The first-order chi connectivity index (χ1) is 3.42. The van der Waals surface area contributed by atoms with Crippen LogP contribution in [-0.4, -0.2) is 6.04 Å². The Labute approximate surface area is 64.4 Å². The second-order valence-electron chi connectivity index (χ2n) is 3.74. The summed E-state index contributed by atoms with van der Waals surface area (Å²) < 4.78 is 0. The zero-order valence-electron chi connectivity index (χ0n) is 6.77. The monoisotopic (exact) mass is 151 g/mol. The first kappa shape index (κ1) is 12.0. The summed E-state index contributed by atoms with van der Waals surface area (Å²) in [6.45, 7) is 8.66. The fourth-order valence-electron chi connectivity index (χ4n) is 0.966. The molecule has 2 N–H and O–H groups in total. The minimum Gasteiger partial charge on any atom is -0.328 e. The van der Waals surface area contributed by atoms with E-state index in [1.165, 1.54) is 0 Å². The molecule has 0 aromatic carbocycles. The first-order valence-electron chi connectivity index (χ1n) is 3.17. The molecular formula is C7H18ClN. The molecule has 0 bridgehead atoms. The maximum atomic E-state index is 5.58. The molecule has 0 aromatic heterocycles. The molecule has 0 saturated carbocycles. The van der Waals surface area contributed by atoms with E-state index < -0.39 is 0 Å². The predicted octanol–water partition coefficient (Wildman–Crippen LogP) is 2.19. The van der Waals surface area contributed by atoms with Crippen molar-refractivity contribution in [2.75, 3.05) is 0 Å². The van der Waals surface area contributed by atoms with Gasteiger partial charge >= 0.3 is 0 Å². The van der Waals surface area contributed by atoms with Gasteiger partial charge in [0.05, 0.1) is 0 Å². The number of halogens is 1. The van der Waals surface area contributed by atoms with Crippen LogP contribution in [-0.2, 0) is 0 Å². The van der Waals surface area contributed by atoms with Crippen LogP contribution in [0.2, 0.25) is 0 Å². The van der Waals surface area contributed by atoms with Crippen LogP contribution in [0.5, 0.6) is 0 Å². The highest BCUT2D eigenvalue weighted by atomic mass is 35.5. The van der Waals surface area contributed by atoms with Crippen LogP contribution in [0.3, 0.4) is 0 Å². The molecule has 9 heavy (non-hydrogen) atoms. The summed E-state index contributed by atoms with van der Waals surface area (Å²) in [5.74, 6) is 0. The van der Waals surface area contributed by atoms with E-state index in [1.54, 1.807) is 0 Å². The zero-order valence-corrected chi connectivity index (χ0v) is 7.59. The Bertz CT molecular complexity index is 63.8. The van der Waals surface area contributed by atoms with Gasteiger partial charge in [-0.1, -0.05) is 20.8 Å². The van der Waals surface area contributed by atoms with Crippen molar-refractivity contribution >= 4 is 12.4 Å². The van der Waals surface area contributed by atoms with Crippen molar-refractivity contribution in [3.8, 4) is 0 Å². The molecule has 1 nitrogen and oxygen atoms in total. The van der Waals surface area contributed by atoms with Gasteiger partial charge in [0.15, 0.2) is 0 Å². The maximum Gasteiger partial charge on any atom is 0.00154 e. The number of nitrogens with two attached hydrogens (primary N) is 1. The lowest BCUT2D eigenvalue weighted by molar-refractivity contribution is 0.349. The highest BCUT2D eigenvalue weighted by Gasteiger charge is 2.11. The summed E-state index contributed by atoms with van der Waals surface area (Å²) in [4.78, 5) is 0. The van der Waals surface area contributed by atoms with Gasteiger partial charge in [0.2, 0.25) is 0 Å². The maximum absolute atomic E-state index is 5.58. The minimum absolute atomic E-state index is 0. The average molecular weight is 152 g/mol. The quantitative estimate of drug-likeness (QED) is 0.611. The smallest absolute Gasteiger partial charge is 0.00154 e. The normalized spacial score (nSPS) is 14.3. The second kappa shape index (κ2) is 4.13. The Morgan fingerprint density at radius 3 is 1.67 bits per heavy atom. The SMILES string of the molecule is CC(N)CC(C)(C)C.Cl. The molecule has 58 valence electrons. The Hall–Kier alpha value is 0.250. The molecule has 0 radical (unpaired) electrons. The van der Waals surface area contributed by atoms with Gasteiger partial charge in [0.25, 0.3) is 0 Å². The third kappa shape index (κ3) is 11.7. The summed E-state index contributed by atoms with van der Waals surface area (Å²) >= 11 is 0. The standard InChI is InChI=1S/C7H17N.ClH/c1-6(8)5-7(2,3)4;/h6H,5,8H2,1-4H3;1H. The molecule has 0 aliphatic heterocycles. The van der Waals surface area contributed by atoms with Gasteiger partial charge in [-0.05, 0) is 18.8 Å². The van der Waals surface area contributed by atoms with Crippen LogP contribution >= 0.6 is 12.4 Å². The van der Waals surface area contributed by atoms with Crippen LogP contribution < -0.4 is 5.73 Å². The summed E-state index contributed by atoms with van der Waals surface area (Å²) in [6, 6.07) is 0.343. The van der Waals surface area contributed by atoms with Crippen LogP contribution in [0.1, 0.15) is 34.1 Å². The van der Waals surface area contributed by atoms with Crippen LogP contribution in [0.4, 0.5) is 0 Å². The highest BCUT2D eigenvalue weighted by Crippen LogP contribution is 2.19. The molecule has 0 aromatic rings. The highest BCUT2D eigenvalue weighted by molar-refractivity contribution is 5.85. The van der Waals surface area contributed by atoms with Crippen molar-refractivity contribution in [1.29, 1.82) is 0 Å². The molecule has 0 saturated heterocycles. The van der Waals surface area contributed by atoms with E-state index in [2.05, 4.69) is 20.8 Å². The Kier molecular flexibility index (Phi) is 5.49. The van der Waals surface area contributed by atoms with E-state index in [1.807, 2.05) is 6.92 Å². The molecule has 0 aliphatic rings. The van der Waals surface area contributed by atoms with Crippen molar-refractivity contribution in [3.63, 3.8) is 0 Å². The molecule has 1 atom stereocenters. The van der Waals surface area contributed by atoms with Gasteiger partial charge < -0.3 is 5.73 Å². The lowest BCUT2D eigenvalue weighted by Crippen LogP contribution is -2.22. The van der Waals surface area contributed by atoms with Gasteiger partial charge in [0, 0.05) is 6.04 Å². The summed E-state index contributed by atoms with van der Waals surface area (Å²) in [5.41, 5.74) is 5.98. The number of hydrogen-bond donors (Lipinski definition) is 1. The molecular weight excluding hydrogens is 134 g/mol. The van der Waals surface area contributed by atoms with Crippen molar-refractivity contribution in [2.24, 2.45) is 11.1 Å². The van der Waals surface area contributed by atoms with Crippen molar-refractivity contribution < 1.29 is 0 Å². The third-order valence-corrected chi connectivity index (χ3v) is 0.934. The second-order valence-corrected chi connectivity index (χ2v) is 3.74. The number of hydrogen-bond acceptors (Lipinski definition) is 1. The van der Waals surface area contributed by atoms with Gasteiger partial charge in [-0.2, -0.15) is 0 Å². The van der Waals surface area contributed by atoms with Crippen LogP contribution in [0.15, 0.2) is 0 Å². The van der Waals surface area contributed by atoms with E-state index >= 15 is 0 Å². The molecule has 0 spiro atoms. The minimum atomic E-state index is 0. The molecule has 0 fully saturated rings. The topological polar surface area (TPSA) is 26.0 Å². The molecule has 0 heterocycles. The largest absolute Gasteiger partial charge is 0.328 e. The lowest BCUT2D eigenvalue weighted by atomic mass is 9.89. The van der Waals surface area contributed by atoms with Gasteiger partial charge in [-0.15, -0.1) is 12.4 Å². The van der Waals surface area contributed by atoms with E-state index in [0.717, 1.165) is 6.42 Å². The Morgan fingerprint density at radius 2 is 1.67 bits per heavy atom. The molecule has 0 amide bonds. The fourth-order valence-corrected chi connectivity index (χ4v) is 0.966. The fraction of sp³-hybridized carbons (Fsp3) is 1.00. The number of rotatable bonds is 1. The molecule has 1 unspecified atom stereocenters. The Balaban J connectivity index is 0. The average Bonchev–Trinajstić information content (AvgIpc) is 1.21. The van der Waals surface area contributed by atoms with Crippen LogP contribution in [0.25, 0.3) is 0 Å². The van der Waals surface area contributed by atoms with E-state index in [4.69, 9.17) is 5.73 Å². The van der Waals surface area contributed by atoms with Crippen molar-refractivity contribution in [2.45, 2.75) is 40.2 Å². The van der Waals surface area contributed by atoms with Crippen molar-refractivity contribution in [1.82, 2.24) is 0 Å². The predicted molar refractivity (Wildman–Crippen MR) is 45.0 cm³/mol. The zero-order chi connectivity index (χ0) is 6.78. The third-order valence-electron chi connectivity index (χ3n) is 0.934. The van der Waals surface area contributed by atoms with Crippen LogP contribution in [0, 0.1) is 5.41 Å². The summed E-state index contributed by atoms with van der Waals surface area (Å²) in [6.07, 6.45) is 1.10. The first-order valence-corrected chi connectivity index (χ1v) is 3.17.